The fourth-order valence-corrected chi connectivity index (χ4v) is 1.55. The van der Waals surface area contributed by atoms with Crippen LogP contribution in [-0.4, -0.2) is 22.7 Å². The highest BCUT2D eigenvalue weighted by Crippen LogP contribution is 2.29. The van der Waals surface area contributed by atoms with E-state index in [1.54, 1.807) is 32.4 Å². The van der Waals surface area contributed by atoms with Crippen molar-refractivity contribution in [2.45, 2.75) is 0 Å². The van der Waals surface area contributed by atoms with Gasteiger partial charge < -0.3 is 5.73 Å². The molecule has 0 aliphatic rings. The van der Waals surface area contributed by atoms with Gasteiger partial charge in [0.2, 0.25) is 0 Å². The molecule has 0 unspecified atom stereocenters. The summed E-state index contributed by atoms with van der Waals surface area (Å²) in [6, 6.07) is 4.84. The van der Waals surface area contributed by atoms with E-state index in [4.69, 9.17) is 5.73 Å². The van der Waals surface area contributed by atoms with Gasteiger partial charge in [-0.1, -0.05) is 11.5 Å². The predicted molar refractivity (Wildman–Crippen MR) is 66.7 cm³/mol. The second-order valence-corrected chi connectivity index (χ2v) is 3.57. The lowest BCUT2D eigenvalue weighted by molar-refractivity contribution is -0.383. The maximum atomic E-state index is 10.8. The molecule has 0 spiro atoms. The fourth-order valence-electron chi connectivity index (χ4n) is 1.55. The average Bonchev–Trinajstić information content (AvgIpc) is 2.32. The lowest BCUT2D eigenvalue weighted by Crippen LogP contribution is -2.09. The maximum Gasteiger partial charge on any atom is 0.292 e. The molecule has 1 aromatic carbocycles. The van der Waals surface area contributed by atoms with Crippen LogP contribution in [0.5, 0.6) is 0 Å². The summed E-state index contributed by atoms with van der Waals surface area (Å²) in [5.74, 6) is 0.386. The SMILES string of the molecule is Bc1cc(-c2ncccn2)c(N)c([N+](=O)[O-])c1. The van der Waals surface area contributed by atoms with Crippen LogP contribution in [0, 0.1) is 10.1 Å². The van der Waals surface area contributed by atoms with Gasteiger partial charge in [0.05, 0.1) is 4.92 Å². The number of hydrogen-bond acceptors (Lipinski definition) is 5. The Bertz CT molecular complexity index is 574. The lowest BCUT2D eigenvalue weighted by Gasteiger charge is -2.06. The third-order valence-electron chi connectivity index (χ3n) is 2.31. The van der Waals surface area contributed by atoms with E-state index < -0.39 is 4.92 Å². The van der Waals surface area contributed by atoms with Crippen LogP contribution in [0.4, 0.5) is 11.4 Å². The van der Waals surface area contributed by atoms with Crippen molar-refractivity contribution in [2.24, 2.45) is 0 Å². The lowest BCUT2D eigenvalue weighted by atomic mass is 9.92. The molecule has 2 N–H and O–H groups in total. The number of aromatic nitrogens is 2. The minimum atomic E-state index is -0.505. The molecule has 1 heterocycles. The summed E-state index contributed by atoms with van der Waals surface area (Å²) in [4.78, 5) is 18.4. The molecule has 7 heteroatoms. The second-order valence-electron chi connectivity index (χ2n) is 3.57. The molecule has 0 saturated carbocycles. The molecule has 1 aromatic heterocycles. The van der Waals surface area contributed by atoms with Gasteiger partial charge in [0.1, 0.15) is 13.5 Å². The molecule has 0 amide bonds. The molecule has 0 radical (unpaired) electrons. The Morgan fingerprint density at radius 3 is 2.53 bits per heavy atom. The highest BCUT2D eigenvalue weighted by atomic mass is 16.6. The summed E-state index contributed by atoms with van der Waals surface area (Å²) < 4.78 is 0. The Labute approximate surface area is 98.1 Å². The first kappa shape index (κ1) is 11.1. The normalized spacial score (nSPS) is 10.1. The van der Waals surface area contributed by atoms with Gasteiger partial charge in [0.25, 0.3) is 5.69 Å². The summed E-state index contributed by atoms with van der Waals surface area (Å²) in [6.45, 7) is 0. The molecule has 0 aliphatic carbocycles. The first-order valence-corrected chi connectivity index (χ1v) is 4.91. The van der Waals surface area contributed by atoms with Gasteiger partial charge in [-0.05, 0) is 6.07 Å². The predicted octanol–water partition coefficient (Wildman–Crippen LogP) is -0.108. The van der Waals surface area contributed by atoms with Crippen molar-refractivity contribution >= 4 is 24.7 Å². The Kier molecular flexibility index (Phi) is 2.74. The minimum Gasteiger partial charge on any atom is -0.393 e. The molecule has 2 aromatic rings. The Hall–Kier alpha value is -2.44. The Morgan fingerprint density at radius 1 is 1.29 bits per heavy atom. The van der Waals surface area contributed by atoms with E-state index >= 15 is 0 Å². The molecule has 6 nitrogen and oxygen atoms in total. The summed E-state index contributed by atoms with van der Waals surface area (Å²) in [5, 5.41) is 10.8. The summed E-state index contributed by atoms with van der Waals surface area (Å²) in [7, 11) is 1.76. The highest BCUT2D eigenvalue weighted by Gasteiger charge is 2.17. The van der Waals surface area contributed by atoms with Crippen molar-refractivity contribution in [3.8, 4) is 11.4 Å². The van der Waals surface area contributed by atoms with E-state index in [1.165, 1.54) is 6.07 Å². The van der Waals surface area contributed by atoms with Gasteiger partial charge in [-0.25, -0.2) is 9.97 Å². The molecule has 0 aliphatic heterocycles. The Balaban J connectivity index is 2.67. The molecular weight excluding hydrogens is 219 g/mol. The van der Waals surface area contributed by atoms with Crippen molar-refractivity contribution in [1.29, 1.82) is 0 Å². The first-order valence-electron chi connectivity index (χ1n) is 4.91. The Morgan fingerprint density at radius 2 is 1.94 bits per heavy atom. The number of hydrogen-bond donors (Lipinski definition) is 1. The van der Waals surface area contributed by atoms with Gasteiger partial charge in [0, 0.05) is 24.0 Å². The third-order valence-corrected chi connectivity index (χ3v) is 2.31. The minimum absolute atomic E-state index is 0.0896. The summed E-state index contributed by atoms with van der Waals surface area (Å²) in [5.41, 5.74) is 6.96. The standard InChI is InChI=1S/C10H9BN4O2/c11-6-4-7(10-13-2-1-3-14-10)9(12)8(5-6)15(16)17/h1-5H,11-12H2. The van der Waals surface area contributed by atoms with Gasteiger partial charge >= 0.3 is 0 Å². The molecule has 17 heavy (non-hydrogen) atoms. The smallest absolute Gasteiger partial charge is 0.292 e. The molecular formula is C10H9BN4O2. The van der Waals surface area contributed by atoms with E-state index in [-0.39, 0.29) is 11.4 Å². The van der Waals surface area contributed by atoms with Crippen molar-refractivity contribution in [3.05, 3.63) is 40.7 Å². The monoisotopic (exact) mass is 228 g/mol. The molecule has 0 bridgehead atoms. The van der Waals surface area contributed by atoms with Crippen LogP contribution < -0.4 is 11.2 Å². The highest BCUT2D eigenvalue weighted by molar-refractivity contribution is 6.33. The maximum absolute atomic E-state index is 10.8. The van der Waals surface area contributed by atoms with E-state index in [0.29, 0.717) is 11.4 Å². The van der Waals surface area contributed by atoms with Crippen molar-refractivity contribution in [3.63, 3.8) is 0 Å². The number of benzene rings is 1. The zero-order valence-corrected chi connectivity index (χ0v) is 9.12. The van der Waals surface area contributed by atoms with Gasteiger partial charge in [-0.15, -0.1) is 0 Å². The van der Waals surface area contributed by atoms with Gasteiger partial charge in [0.15, 0.2) is 5.82 Å². The van der Waals surface area contributed by atoms with Crippen LogP contribution in [-0.2, 0) is 0 Å². The molecule has 0 saturated heterocycles. The van der Waals surface area contributed by atoms with Crippen LogP contribution in [0.15, 0.2) is 30.6 Å². The zero-order valence-electron chi connectivity index (χ0n) is 9.12. The topological polar surface area (TPSA) is 94.9 Å². The van der Waals surface area contributed by atoms with E-state index in [1.807, 2.05) is 0 Å². The first-order chi connectivity index (χ1) is 8.09. The van der Waals surface area contributed by atoms with Crippen molar-refractivity contribution < 1.29 is 4.92 Å². The van der Waals surface area contributed by atoms with Crippen LogP contribution in [0.1, 0.15) is 0 Å². The summed E-state index contributed by atoms with van der Waals surface area (Å²) >= 11 is 0. The largest absolute Gasteiger partial charge is 0.393 e. The molecule has 2 rings (SSSR count). The van der Waals surface area contributed by atoms with E-state index in [0.717, 1.165) is 5.46 Å². The summed E-state index contributed by atoms with van der Waals surface area (Å²) in [6.07, 6.45) is 3.13. The van der Waals surface area contributed by atoms with E-state index in [9.17, 15) is 10.1 Å². The van der Waals surface area contributed by atoms with Crippen LogP contribution >= 0.6 is 0 Å². The average molecular weight is 228 g/mol. The molecule has 84 valence electrons. The molecule has 0 fully saturated rings. The number of rotatable bonds is 2. The van der Waals surface area contributed by atoms with Crippen molar-refractivity contribution in [2.75, 3.05) is 5.73 Å². The second kappa shape index (κ2) is 4.21. The number of nitro groups is 1. The number of anilines is 1. The molecule has 0 atom stereocenters. The number of nitro benzene ring substituents is 1. The third kappa shape index (κ3) is 2.08. The van der Waals surface area contributed by atoms with Crippen LogP contribution in [0.3, 0.4) is 0 Å². The number of nitrogens with zero attached hydrogens (tertiary/aromatic N) is 3. The van der Waals surface area contributed by atoms with Gasteiger partial charge in [-0.3, -0.25) is 10.1 Å². The number of nitrogens with two attached hydrogens (primary N) is 1. The fraction of sp³-hybridized carbons (Fsp3) is 0. The zero-order chi connectivity index (χ0) is 12.4. The van der Waals surface area contributed by atoms with E-state index in [2.05, 4.69) is 9.97 Å². The van der Waals surface area contributed by atoms with Crippen LogP contribution in [0.25, 0.3) is 11.4 Å². The quantitative estimate of drug-likeness (QED) is 0.335. The van der Waals surface area contributed by atoms with Crippen molar-refractivity contribution in [1.82, 2.24) is 9.97 Å². The van der Waals surface area contributed by atoms with Gasteiger partial charge in [-0.2, -0.15) is 0 Å². The number of nitrogen functional groups attached to an aromatic ring is 1. The van der Waals surface area contributed by atoms with Crippen LogP contribution in [0.2, 0.25) is 0 Å².